The van der Waals surface area contributed by atoms with Crippen molar-refractivity contribution in [1.82, 2.24) is 15.1 Å². The van der Waals surface area contributed by atoms with Gasteiger partial charge in [-0.1, -0.05) is 5.16 Å². The number of nitrogens with zero attached hydrogens (tertiary/aromatic N) is 2. The molecule has 2 heterocycles. The van der Waals surface area contributed by atoms with E-state index in [2.05, 4.69) is 15.1 Å². The third-order valence-electron chi connectivity index (χ3n) is 1.62. The molecule has 0 saturated carbocycles. The van der Waals surface area contributed by atoms with Gasteiger partial charge in [0.25, 0.3) is 5.89 Å². The summed E-state index contributed by atoms with van der Waals surface area (Å²) < 4.78 is 4.91. The highest BCUT2D eigenvalue weighted by Crippen LogP contribution is 2.14. The molecule has 5 nitrogen and oxygen atoms in total. The lowest BCUT2D eigenvalue weighted by atomic mass is 10.3. The summed E-state index contributed by atoms with van der Waals surface area (Å²) in [5.41, 5.74) is 0.485. The number of alkyl halides is 1. The Morgan fingerprint density at radius 3 is 2.93 bits per heavy atom. The zero-order valence-corrected chi connectivity index (χ0v) is 7.78. The average Bonchev–Trinajstić information content (AvgIpc) is 2.67. The van der Waals surface area contributed by atoms with E-state index in [1.807, 2.05) is 0 Å². The second-order valence-corrected chi connectivity index (χ2v) is 2.86. The maximum absolute atomic E-state index is 10.8. The van der Waals surface area contributed by atoms with Gasteiger partial charge in [0.2, 0.25) is 5.56 Å². The minimum atomic E-state index is -0.175. The van der Waals surface area contributed by atoms with Crippen molar-refractivity contribution in [2.24, 2.45) is 0 Å². The van der Waals surface area contributed by atoms with Crippen molar-refractivity contribution >= 4 is 11.6 Å². The van der Waals surface area contributed by atoms with Gasteiger partial charge in [-0.3, -0.25) is 4.79 Å². The largest absolute Gasteiger partial charge is 0.334 e. The SMILES string of the molecule is O=c1ccc(-c2nc(CCl)no2)c[nH]1. The van der Waals surface area contributed by atoms with Crippen molar-refractivity contribution in [3.05, 3.63) is 34.5 Å². The molecule has 2 aromatic heterocycles. The van der Waals surface area contributed by atoms with Crippen LogP contribution in [0, 0.1) is 0 Å². The summed E-state index contributed by atoms with van der Waals surface area (Å²) in [5.74, 6) is 0.970. The minimum absolute atomic E-state index is 0.175. The monoisotopic (exact) mass is 211 g/mol. The quantitative estimate of drug-likeness (QED) is 0.757. The smallest absolute Gasteiger partial charge is 0.259 e. The van der Waals surface area contributed by atoms with Crippen LogP contribution in [0.2, 0.25) is 0 Å². The number of halogens is 1. The zero-order valence-electron chi connectivity index (χ0n) is 7.03. The first-order chi connectivity index (χ1) is 6.79. The van der Waals surface area contributed by atoms with Crippen molar-refractivity contribution in [1.29, 1.82) is 0 Å². The fraction of sp³-hybridized carbons (Fsp3) is 0.125. The van der Waals surface area contributed by atoms with Crippen LogP contribution in [0.5, 0.6) is 0 Å². The Kier molecular flexibility index (Phi) is 2.32. The van der Waals surface area contributed by atoms with Crippen molar-refractivity contribution in [2.75, 3.05) is 0 Å². The first-order valence-electron chi connectivity index (χ1n) is 3.87. The number of pyridine rings is 1. The van der Waals surface area contributed by atoms with Crippen LogP contribution in [0.15, 0.2) is 27.6 Å². The van der Waals surface area contributed by atoms with Crippen LogP contribution in [-0.2, 0) is 5.88 Å². The topological polar surface area (TPSA) is 71.8 Å². The van der Waals surface area contributed by atoms with Gasteiger partial charge in [-0.05, 0) is 6.07 Å². The molecule has 0 atom stereocenters. The Hall–Kier alpha value is -1.62. The molecule has 0 unspecified atom stereocenters. The van der Waals surface area contributed by atoms with Crippen LogP contribution in [0.1, 0.15) is 5.82 Å². The lowest BCUT2D eigenvalue weighted by molar-refractivity contribution is 0.425. The standard InChI is InChI=1S/C8H6ClN3O2/c9-3-6-11-8(14-12-6)5-1-2-7(13)10-4-5/h1-2,4H,3H2,(H,10,13). The number of nitrogens with one attached hydrogen (secondary N) is 1. The molecule has 0 amide bonds. The van der Waals surface area contributed by atoms with Crippen LogP contribution in [0.3, 0.4) is 0 Å². The van der Waals surface area contributed by atoms with Gasteiger partial charge >= 0.3 is 0 Å². The highest BCUT2D eigenvalue weighted by atomic mass is 35.5. The molecule has 0 aromatic carbocycles. The van der Waals surface area contributed by atoms with E-state index < -0.39 is 0 Å². The number of hydrogen-bond acceptors (Lipinski definition) is 4. The molecule has 2 rings (SSSR count). The summed E-state index contributed by atoms with van der Waals surface area (Å²) in [5, 5.41) is 3.62. The molecule has 14 heavy (non-hydrogen) atoms. The van der Waals surface area contributed by atoms with Crippen molar-refractivity contribution < 1.29 is 4.52 Å². The molecular formula is C8H6ClN3O2. The van der Waals surface area contributed by atoms with E-state index in [4.69, 9.17) is 16.1 Å². The maximum atomic E-state index is 10.8. The van der Waals surface area contributed by atoms with Crippen LogP contribution in [-0.4, -0.2) is 15.1 Å². The highest BCUT2D eigenvalue weighted by molar-refractivity contribution is 6.16. The average molecular weight is 212 g/mol. The molecular weight excluding hydrogens is 206 g/mol. The normalized spacial score (nSPS) is 10.4. The van der Waals surface area contributed by atoms with Gasteiger partial charge in [0, 0.05) is 12.3 Å². The van der Waals surface area contributed by atoms with E-state index in [9.17, 15) is 4.79 Å². The molecule has 2 aromatic rings. The molecule has 0 spiro atoms. The van der Waals surface area contributed by atoms with Crippen LogP contribution in [0.4, 0.5) is 0 Å². The van der Waals surface area contributed by atoms with Gasteiger partial charge in [0.05, 0.1) is 11.4 Å². The van der Waals surface area contributed by atoms with Crippen molar-refractivity contribution in [2.45, 2.75) is 5.88 Å². The van der Waals surface area contributed by atoms with E-state index in [1.54, 1.807) is 6.07 Å². The number of hydrogen-bond donors (Lipinski definition) is 1. The number of aromatic amines is 1. The first kappa shape index (κ1) is 8.96. The molecule has 6 heteroatoms. The van der Waals surface area contributed by atoms with Gasteiger partial charge in [0.1, 0.15) is 0 Å². The van der Waals surface area contributed by atoms with E-state index in [0.29, 0.717) is 17.3 Å². The molecule has 0 bridgehead atoms. The molecule has 1 N–H and O–H groups in total. The summed E-state index contributed by atoms with van der Waals surface area (Å²) in [6.45, 7) is 0. The van der Waals surface area contributed by atoms with Crippen LogP contribution >= 0.6 is 11.6 Å². The predicted octanol–water partition coefficient (Wildman–Crippen LogP) is 1.16. The fourth-order valence-electron chi connectivity index (χ4n) is 0.969. The molecule has 0 radical (unpaired) electrons. The van der Waals surface area contributed by atoms with Crippen LogP contribution in [0.25, 0.3) is 11.5 Å². The van der Waals surface area contributed by atoms with E-state index >= 15 is 0 Å². The van der Waals surface area contributed by atoms with Gasteiger partial charge in [-0.15, -0.1) is 11.6 Å². The van der Waals surface area contributed by atoms with E-state index in [0.717, 1.165) is 0 Å². The molecule has 0 saturated heterocycles. The Balaban J connectivity index is 2.39. The molecule has 72 valence electrons. The second-order valence-electron chi connectivity index (χ2n) is 2.59. The predicted molar refractivity (Wildman–Crippen MR) is 49.9 cm³/mol. The number of aromatic nitrogens is 3. The first-order valence-corrected chi connectivity index (χ1v) is 4.41. The van der Waals surface area contributed by atoms with Gasteiger partial charge in [0.15, 0.2) is 5.82 Å². The van der Waals surface area contributed by atoms with Gasteiger partial charge in [-0.2, -0.15) is 4.98 Å². The summed E-state index contributed by atoms with van der Waals surface area (Å²) in [6, 6.07) is 2.99. The van der Waals surface area contributed by atoms with E-state index in [1.165, 1.54) is 12.3 Å². The summed E-state index contributed by atoms with van der Waals surface area (Å²) in [4.78, 5) is 17.3. The maximum Gasteiger partial charge on any atom is 0.259 e. The Bertz CT molecular complexity index is 471. The van der Waals surface area contributed by atoms with Crippen LogP contribution < -0.4 is 5.56 Å². The molecule has 0 fully saturated rings. The number of H-pyrrole nitrogens is 1. The number of rotatable bonds is 2. The Morgan fingerprint density at radius 2 is 2.36 bits per heavy atom. The highest BCUT2D eigenvalue weighted by Gasteiger charge is 2.07. The molecule has 0 aliphatic heterocycles. The summed E-state index contributed by atoms with van der Waals surface area (Å²) in [7, 11) is 0. The summed E-state index contributed by atoms with van der Waals surface area (Å²) >= 11 is 5.51. The Morgan fingerprint density at radius 1 is 1.50 bits per heavy atom. The minimum Gasteiger partial charge on any atom is -0.334 e. The van der Waals surface area contributed by atoms with Crippen molar-refractivity contribution in [3.8, 4) is 11.5 Å². The molecule has 0 aliphatic rings. The molecule has 0 aliphatic carbocycles. The Labute approximate surface area is 83.7 Å². The summed E-state index contributed by atoms with van der Waals surface area (Å²) in [6.07, 6.45) is 1.51. The lowest BCUT2D eigenvalue weighted by Gasteiger charge is -1.90. The zero-order chi connectivity index (χ0) is 9.97. The third-order valence-corrected chi connectivity index (χ3v) is 1.86. The van der Waals surface area contributed by atoms with Gasteiger partial charge < -0.3 is 9.51 Å². The third kappa shape index (κ3) is 1.67. The van der Waals surface area contributed by atoms with E-state index in [-0.39, 0.29) is 11.4 Å². The second kappa shape index (κ2) is 3.63. The van der Waals surface area contributed by atoms with Crippen molar-refractivity contribution in [3.63, 3.8) is 0 Å². The lowest BCUT2D eigenvalue weighted by Crippen LogP contribution is -2.01. The fourth-order valence-corrected chi connectivity index (χ4v) is 1.08. The van der Waals surface area contributed by atoms with Gasteiger partial charge in [-0.25, -0.2) is 0 Å².